The van der Waals surface area contributed by atoms with Crippen molar-refractivity contribution in [3.63, 3.8) is 0 Å². The number of hydrogen-bond donors (Lipinski definition) is 3. The van der Waals surface area contributed by atoms with Gasteiger partial charge in [-0.25, -0.2) is 13.1 Å². The first kappa shape index (κ1) is 15.2. The molecule has 1 fully saturated rings. The van der Waals surface area contributed by atoms with Crippen LogP contribution < -0.4 is 15.4 Å². The van der Waals surface area contributed by atoms with Gasteiger partial charge in [-0.3, -0.25) is 4.99 Å². The first-order valence-electron chi connectivity index (χ1n) is 6.43. The number of sulfonamides is 1. The monoisotopic (exact) mass is 276 g/mol. The zero-order valence-corrected chi connectivity index (χ0v) is 12.0. The van der Waals surface area contributed by atoms with Crippen molar-refractivity contribution in [3.8, 4) is 0 Å². The molecule has 0 aromatic carbocycles. The Hall–Kier alpha value is -0.820. The van der Waals surface area contributed by atoms with Gasteiger partial charge in [0.05, 0.1) is 6.26 Å². The summed E-state index contributed by atoms with van der Waals surface area (Å²) in [6.07, 6.45) is 7.38. The van der Waals surface area contributed by atoms with Crippen LogP contribution >= 0.6 is 0 Å². The SMILES string of the molecule is CN=C(NCCNS(C)(=O)=O)NC1CCCCC1. The lowest BCUT2D eigenvalue weighted by atomic mass is 9.96. The molecule has 0 spiro atoms. The van der Waals surface area contributed by atoms with Gasteiger partial charge in [-0.05, 0) is 12.8 Å². The number of aliphatic imine (C=N–C) groups is 1. The summed E-state index contributed by atoms with van der Waals surface area (Å²) in [6.45, 7) is 0.893. The number of guanidine groups is 1. The molecule has 0 aliphatic heterocycles. The maximum atomic E-state index is 10.9. The van der Waals surface area contributed by atoms with Gasteiger partial charge in [-0.2, -0.15) is 0 Å². The van der Waals surface area contributed by atoms with Crippen LogP contribution in [0.15, 0.2) is 4.99 Å². The summed E-state index contributed by atoms with van der Waals surface area (Å²) >= 11 is 0. The zero-order valence-electron chi connectivity index (χ0n) is 11.2. The molecule has 0 radical (unpaired) electrons. The highest BCUT2D eigenvalue weighted by atomic mass is 32.2. The Morgan fingerprint density at radius 3 is 2.44 bits per heavy atom. The summed E-state index contributed by atoms with van der Waals surface area (Å²) in [5.41, 5.74) is 0. The second-order valence-corrected chi connectivity index (χ2v) is 6.48. The molecule has 0 unspecified atom stereocenters. The van der Waals surface area contributed by atoms with Crippen molar-refractivity contribution in [2.75, 3.05) is 26.4 Å². The van der Waals surface area contributed by atoms with Crippen LogP contribution in [0.2, 0.25) is 0 Å². The number of nitrogens with one attached hydrogen (secondary N) is 3. The van der Waals surface area contributed by atoms with E-state index < -0.39 is 10.0 Å². The van der Waals surface area contributed by atoms with Crippen LogP contribution in [0, 0.1) is 0 Å². The van der Waals surface area contributed by atoms with Crippen molar-refractivity contribution in [1.29, 1.82) is 0 Å². The van der Waals surface area contributed by atoms with Crippen molar-refractivity contribution in [2.45, 2.75) is 38.1 Å². The van der Waals surface area contributed by atoms with E-state index in [2.05, 4.69) is 20.3 Å². The molecule has 0 atom stereocenters. The molecule has 1 aliphatic rings. The predicted octanol–water partition coefficient (Wildman–Crippen LogP) is 0.0333. The summed E-state index contributed by atoms with van der Waals surface area (Å²) in [7, 11) is -1.38. The van der Waals surface area contributed by atoms with Crippen molar-refractivity contribution in [1.82, 2.24) is 15.4 Å². The van der Waals surface area contributed by atoms with Crippen LogP contribution in [0.4, 0.5) is 0 Å². The van der Waals surface area contributed by atoms with E-state index in [1.54, 1.807) is 7.05 Å². The van der Waals surface area contributed by atoms with Crippen molar-refractivity contribution in [3.05, 3.63) is 0 Å². The molecular weight excluding hydrogens is 252 g/mol. The number of nitrogens with zero attached hydrogens (tertiary/aromatic N) is 1. The Bertz CT molecular complexity index is 361. The Balaban J connectivity index is 2.21. The van der Waals surface area contributed by atoms with E-state index in [4.69, 9.17) is 0 Å². The van der Waals surface area contributed by atoms with Crippen LogP contribution in [0.5, 0.6) is 0 Å². The van der Waals surface area contributed by atoms with Gasteiger partial charge >= 0.3 is 0 Å². The maximum Gasteiger partial charge on any atom is 0.208 e. The smallest absolute Gasteiger partial charge is 0.208 e. The fraction of sp³-hybridized carbons (Fsp3) is 0.909. The molecule has 0 saturated heterocycles. The number of hydrogen-bond acceptors (Lipinski definition) is 3. The van der Waals surface area contributed by atoms with E-state index in [1.165, 1.54) is 32.1 Å². The molecule has 7 heteroatoms. The van der Waals surface area contributed by atoms with Gasteiger partial charge in [0.25, 0.3) is 0 Å². The zero-order chi connectivity index (χ0) is 13.4. The minimum atomic E-state index is -3.11. The average molecular weight is 276 g/mol. The summed E-state index contributed by atoms with van der Waals surface area (Å²) in [6, 6.07) is 0.493. The molecule has 1 saturated carbocycles. The molecular formula is C11H24N4O2S. The van der Waals surface area contributed by atoms with E-state index in [9.17, 15) is 8.42 Å². The molecule has 0 bridgehead atoms. The molecule has 3 N–H and O–H groups in total. The van der Waals surface area contributed by atoms with Gasteiger partial charge in [0, 0.05) is 26.2 Å². The molecule has 1 rings (SSSR count). The third kappa shape index (κ3) is 6.80. The fourth-order valence-corrected chi connectivity index (χ4v) is 2.53. The molecule has 0 aromatic rings. The third-order valence-electron chi connectivity index (χ3n) is 2.95. The molecule has 0 heterocycles. The van der Waals surface area contributed by atoms with Gasteiger partial charge in [0.15, 0.2) is 5.96 Å². The maximum absolute atomic E-state index is 10.9. The average Bonchev–Trinajstić information content (AvgIpc) is 2.33. The molecule has 106 valence electrons. The van der Waals surface area contributed by atoms with Gasteiger partial charge < -0.3 is 10.6 Å². The molecule has 0 aromatic heterocycles. The van der Waals surface area contributed by atoms with Gasteiger partial charge in [-0.15, -0.1) is 0 Å². The van der Waals surface area contributed by atoms with Crippen molar-refractivity contribution < 1.29 is 8.42 Å². The minimum absolute atomic E-state index is 0.365. The first-order chi connectivity index (χ1) is 8.51. The lowest BCUT2D eigenvalue weighted by molar-refractivity contribution is 0.410. The molecule has 0 amide bonds. The molecule has 6 nitrogen and oxygen atoms in total. The van der Waals surface area contributed by atoms with E-state index >= 15 is 0 Å². The second kappa shape index (κ2) is 7.58. The second-order valence-electron chi connectivity index (χ2n) is 4.64. The quantitative estimate of drug-likeness (QED) is 0.376. The van der Waals surface area contributed by atoms with Crippen LogP contribution in [0.3, 0.4) is 0 Å². The summed E-state index contributed by atoms with van der Waals surface area (Å²) in [5, 5.41) is 6.47. The Morgan fingerprint density at radius 1 is 1.22 bits per heavy atom. The number of rotatable bonds is 5. The molecule has 1 aliphatic carbocycles. The van der Waals surface area contributed by atoms with Crippen molar-refractivity contribution in [2.24, 2.45) is 4.99 Å². The lowest BCUT2D eigenvalue weighted by Crippen LogP contribution is -2.46. The van der Waals surface area contributed by atoms with Crippen LogP contribution in [-0.2, 0) is 10.0 Å². The Morgan fingerprint density at radius 2 is 1.89 bits per heavy atom. The topological polar surface area (TPSA) is 82.6 Å². The summed E-state index contributed by atoms with van der Waals surface area (Å²) < 4.78 is 24.2. The highest BCUT2D eigenvalue weighted by Crippen LogP contribution is 2.16. The summed E-state index contributed by atoms with van der Waals surface area (Å²) in [5.74, 6) is 0.747. The minimum Gasteiger partial charge on any atom is -0.355 e. The normalized spacial score (nSPS) is 18.7. The Labute approximate surface area is 110 Å². The van der Waals surface area contributed by atoms with Crippen molar-refractivity contribution >= 4 is 16.0 Å². The third-order valence-corrected chi connectivity index (χ3v) is 3.68. The van der Waals surface area contributed by atoms with E-state index in [-0.39, 0.29) is 0 Å². The lowest BCUT2D eigenvalue weighted by Gasteiger charge is -2.24. The molecule has 18 heavy (non-hydrogen) atoms. The predicted molar refractivity (Wildman–Crippen MR) is 74.2 cm³/mol. The van der Waals surface area contributed by atoms with Gasteiger partial charge in [-0.1, -0.05) is 19.3 Å². The van der Waals surface area contributed by atoms with Gasteiger partial charge in [0.2, 0.25) is 10.0 Å². The Kier molecular flexibility index (Phi) is 6.42. The van der Waals surface area contributed by atoms with Gasteiger partial charge in [0.1, 0.15) is 0 Å². The standard InChI is InChI=1S/C11H24N4O2S/c1-12-11(13-8-9-14-18(2,16)17)15-10-6-4-3-5-7-10/h10,14H,3-9H2,1-2H3,(H2,12,13,15). The van der Waals surface area contributed by atoms with E-state index in [0.29, 0.717) is 19.1 Å². The largest absolute Gasteiger partial charge is 0.355 e. The summed E-state index contributed by atoms with van der Waals surface area (Å²) in [4.78, 5) is 4.13. The highest BCUT2D eigenvalue weighted by Gasteiger charge is 2.14. The first-order valence-corrected chi connectivity index (χ1v) is 8.32. The van der Waals surface area contributed by atoms with Crippen LogP contribution in [0.25, 0.3) is 0 Å². The van der Waals surface area contributed by atoms with E-state index in [0.717, 1.165) is 12.2 Å². The van der Waals surface area contributed by atoms with Crippen LogP contribution in [0.1, 0.15) is 32.1 Å². The van der Waals surface area contributed by atoms with Crippen LogP contribution in [-0.4, -0.2) is 46.8 Å². The van der Waals surface area contributed by atoms with E-state index in [1.807, 2.05) is 0 Å². The highest BCUT2D eigenvalue weighted by molar-refractivity contribution is 7.88. The fourth-order valence-electron chi connectivity index (χ4n) is 2.05.